The first-order chi connectivity index (χ1) is 12.0. The number of hydrogen-bond donors (Lipinski definition) is 3. The highest BCUT2D eigenvalue weighted by Gasteiger charge is 2.09. The summed E-state index contributed by atoms with van der Waals surface area (Å²) in [5.74, 6) is -0.818. The summed E-state index contributed by atoms with van der Waals surface area (Å²) >= 11 is 0. The van der Waals surface area contributed by atoms with E-state index >= 15 is 0 Å². The predicted octanol–water partition coefficient (Wildman–Crippen LogP) is 2.35. The highest BCUT2D eigenvalue weighted by Crippen LogP contribution is 2.10. The van der Waals surface area contributed by atoms with Gasteiger partial charge in [0.25, 0.3) is 5.91 Å². The van der Waals surface area contributed by atoms with Gasteiger partial charge in [0.1, 0.15) is 0 Å². The van der Waals surface area contributed by atoms with Gasteiger partial charge in [-0.15, -0.1) is 0 Å². The van der Waals surface area contributed by atoms with Crippen LogP contribution in [-0.4, -0.2) is 17.7 Å². The molecule has 0 unspecified atom stereocenters. The third-order valence-corrected chi connectivity index (χ3v) is 3.68. The normalized spacial score (nSPS) is 10.0. The second-order valence-corrected chi connectivity index (χ2v) is 5.58. The number of aryl methyl sites for hydroxylation is 1. The largest absolute Gasteiger partial charge is 0.326 e. The van der Waals surface area contributed by atoms with Gasteiger partial charge in [-0.1, -0.05) is 31.2 Å². The number of amides is 3. The summed E-state index contributed by atoms with van der Waals surface area (Å²) in [4.78, 5) is 35.3. The Bertz CT molecular complexity index is 770. The molecule has 130 valence electrons. The molecular weight excluding hydrogens is 318 g/mol. The van der Waals surface area contributed by atoms with Crippen LogP contribution in [0.5, 0.6) is 0 Å². The average Bonchev–Trinajstić information content (AvgIpc) is 2.62. The van der Waals surface area contributed by atoms with E-state index in [1.165, 1.54) is 0 Å². The molecule has 0 radical (unpaired) electrons. The molecule has 0 bridgehead atoms. The van der Waals surface area contributed by atoms with Crippen LogP contribution in [0.3, 0.4) is 0 Å². The topological polar surface area (TPSA) is 87.3 Å². The van der Waals surface area contributed by atoms with Gasteiger partial charge < -0.3 is 5.32 Å². The number of rotatable bonds is 5. The lowest BCUT2D eigenvalue weighted by atomic mass is 10.1. The summed E-state index contributed by atoms with van der Waals surface area (Å²) in [5, 5.41) is 2.70. The van der Waals surface area contributed by atoms with E-state index in [0.29, 0.717) is 17.7 Å². The van der Waals surface area contributed by atoms with Gasteiger partial charge in [0.2, 0.25) is 11.8 Å². The maximum Gasteiger partial charge on any atom is 0.269 e. The molecular formula is C19H21N3O3. The van der Waals surface area contributed by atoms with Gasteiger partial charge >= 0.3 is 0 Å². The first-order valence-corrected chi connectivity index (χ1v) is 8.03. The maximum atomic E-state index is 12.0. The Kier molecular flexibility index (Phi) is 6.28. The lowest BCUT2D eigenvalue weighted by molar-refractivity contribution is -0.121. The molecule has 0 aromatic heterocycles. The summed E-state index contributed by atoms with van der Waals surface area (Å²) < 4.78 is 0. The van der Waals surface area contributed by atoms with Crippen LogP contribution < -0.4 is 16.2 Å². The summed E-state index contributed by atoms with van der Waals surface area (Å²) in [7, 11) is 0. The van der Waals surface area contributed by atoms with E-state index in [1.54, 1.807) is 31.2 Å². The van der Waals surface area contributed by atoms with Crippen molar-refractivity contribution in [1.29, 1.82) is 0 Å². The van der Waals surface area contributed by atoms with Gasteiger partial charge in [0, 0.05) is 17.7 Å². The Morgan fingerprint density at radius 3 is 2.20 bits per heavy atom. The molecule has 0 heterocycles. The molecule has 6 heteroatoms. The molecule has 0 spiro atoms. The minimum Gasteiger partial charge on any atom is -0.326 e. The van der Waals surface area contributed by atoms with Gasteiger partial charge in [0.05, 0.1) is 6.42 Å². The molecule has 3 N–H and O–H groups in total. The third-order valence-electron chi connectivity index (χ3n) is 3.68. The Morgan fingerprint density at radius 1 is 0.880 bits per heavy atom. The van der Waals surface area contributed by atoms with Crippen molar-refractivity contribution in [1.82, 2.24) is 10.9 Å². The molecule has 2 aromatic carbocycles. The number of benzene rings is 2. The van der Waals surface area contributed by atoms with Gasteiger partial charge in [-0.25, -0.2) is 0 Å². The van der Waals surface area contributed by atoms with Gasteiger partial charge in [-0.3, -0.25) is 25.2 Å². The Hall–Kier alpha value is -3.15. The molecule has 0 aliphatic carbocycles. The van der Waals surface area contributed by atoms with Gasteiger partial charge in [0.15, 0.2) is 0 Å². The Morgan fingerprint density at radius 2 is 1.56 bits per heavy atom. The van der Waals surface area contributed by atoms with E-state index < -0.39 is 5.91 Å². The van der Waals surface area contributed by atoms with Crippen LogP contribution in [0.2, 0.25) is 0 Å². The van der Waals surface area contributed by atoms with Gasteiger partial charge in [-0.05, 0) is 42.3 Å². The van der Waals surface area contributed by atoms with E-state index in [1.807, 2.05) is 31.2 Å². The molecule has 3 amide bonds. The molecule has 0 saturated carbocycles. The smallest absolute Gasteiger partial charge is 0.269 e. The van der Waals surface area contributed by atoms with Crippen LogP contribution in [0.25, 0.3) is 0 Å². The van der Waals surface area contributed by atoms with Crippen molar-refractivity contribution in [3.8, 4) is 0 Å². The van der Waals surface area contributed by atoms with Crippen molar-refractivity contribution >= 4 is 23.4 Å². The van der Waals surface area contributed by atoms with Crippen LogP contribution in [0.4, 0.5) is 5.69 Å². The summed E-state index contributed by atoms with van der Waals surface area (Å²) in [5.41, 5.74) is 7.72. The fraction of sp³-hybridized carbons (Fsp3) is 0.211. The lowest BCUT2D eigenvalue weighted by Gasteiger charge is -2.09. The highest BCUT2D eigenvalue weighted by molar-refractivity contribution is 5.96. The van der Waals surface area contributed by atoms with Crippen LogP contribution >= 0.6 is 0 Å². The molecule has 0 aliphatic rings. The Labute approximate surface area is 146 Å². The van der Waals surface area contributed by atoms with Crippen molar-refractivity contribution in [2.45, 2.75) is 26.7 Å². The third kappa shape index (κ3) is 5.46. The SMILES string of the molecule is CCC(=O)Nc1ccc(C(=O)NNC(=O)Cc2ccccc2C)cc1. The summed E-state index contributed by atoms with van der Waals surface area (Å²) in [6, 6.07) is 14.0. The Balaban J connectivity index is 1.86. The minimum absolute atomic E-state index is 0.0966. The number of hydrogen-bond acceptors (Lipinski definition) is 3. The first-order valence-electron chi connectivity index (χ1n) is 8.03. The molecule has 6 nitrogen and oxygen atoms in total. The van der Waals surface area contributed by atoms with E-state index in [9.17, 15) is 14.4 Å². The van der Waals surface area contributed by atoms with Crippen LogP contribution in [-0.2, 0) is 16.0 Å². The second kappa shape index (κ2) is 8.63. The zero-order valence-corrected chi connectivity index (χ0v) is 14.3. The number of anilines is 1. The first kappa shape index (κ1) is 18.2. The number of hydrazine groups is 1. The molecule has 0 aliphatic heterocycles. The molecule has 2 rings (SSSR count). The molecule has 2 aromatic rings. The fourth-order valence-electron chi connectivity index (χ4n) is 2.18. The van der Waals surface area contributed by atoms with Crippen molar-refractivity contribution in [3.63, 3.8) is 0 Å². The zero-order valence-electron chi connectivity index (χ0n) is 14.3. The van der Waals surface area contributed by atoms with Crippen LogP contribution in [0.15, 0.2) is 48.5 Å². The van der Waals surface area contributed by atoms with Crippen molar-refractivity contribution in [2.75, 3.05) is 5.32 Å². The van der Waals surface area contributed by atoms with Crippen molar-refractivity contribution in [3.05, 3.63) is 65.2 Å². The van der Waals surface area contributed by atoms with Crippen molar-refractivity contribution in [2.24, 2.45) is 0 Å². The van der Waals surface area contributed by atoms with Gasteiger partial charge in [-0.2, -0.15) is 0 Å². The maximum absolute atomic E-state index is 12.0. The predicted molar refractivity (Wildman–Crippen MR) is 95.9 cm³/mol. The van der Waals surface area contributed by atoms with Crippen LogP contribution in [0.1, 0.15) is 34.8 Å². The second-order valence-electron chi connectivity index (χ2n) is 5.58. The fourth-order valence-corrected chi connectivity index (χ4v) is 2.18. The van der Waals surface area contributed by atoms with Crippen molar-refractivity contribution < 1.29 is 14.4 Å². The van der Waals surface area contributed by atoms with E-state index in [2.05, 4.69) is 16.2 Å². The number of carbonyl (C=O) groups excluding carboxylic acids is 3. The number of carbonyl (C=O) groups is 3. The van der Waals surface area contributed by atoms with Crippen LogP contribution in [0, 0.1) is 6.92 Å². The molecule has 0 saturated heterocycles. The monoisotopic (exact) mass is 339 g/mol. The molecule has 0 fully saturated rings. The minimum atomic E-state index is -0.425. The quantitative estimate of drug-likeness (QED) is 0.731. The average molecular weight is 339 g/mol. The molecule has 0 atom stereocenters. The zero-order chi connectivity index (χ0) is 18.2. The molecule has 25 heavy (non-hydrogen) atoms. The highest BCUT2D eigenvalue weighted by atomic mass is 16.2. The number of nitrogens with one attached hydrogen (secondary N) is 3. The van der Waals surface area contributed by atoms with E-state index in [0.717, 1.165) is 11.1 Å². The summed E-state index contributed by atoms with van der Waals surface area (Å²) in [6.45, 7) is 3.69. The lowest BCUT2D eigenvalue weighted by Crippen LogP contribution is -2.42. The standard InChI is InChI=1S/C19H21N3O3/c1-3-17(23)20-16-10-8-14(9-11-16)19(25)22-21-18(24)12-15-7-5-4-6-13(15)2/h4-11H,3,12H2,1-2H3,(H,20,23)(H,21,24)(H,22,25). The summed E-state index contributed by atoms with van der Waals surface area (Å²) in [6.07, 6.45) is 0.574. The van der Waals surface area contributed by atoms with E-state index in [4.69, 9.17) is 0 Å². The van der Waals surface area contributed by atoms with E-state index in [-0.39, 0.29) is 18.2 Å².